The Labute approximate surface area is 135 Å². The molecule has 3 N–H and O–H groups in total. The van der Waals surface area contributed by atoms with Crippen LogP contribution in [-0.4, -0.2) is 52.5 Å². The first-order valence-electron chi connectivity index (χ1n) is 7.75. The summed E-state index contributed by atoms with van der Waals surface area (Å²) in [7, 11) is 0. The molecule has 0 radical (unpaired) electrons. The average molecular weight is 315 g/mol. The van der Waals surface area contributed by atoms with Crippen LogP contribution < -0.4 is 10.6 Å². The Balaban J connectivity index is 1.62. The molecular weight excluding hydrogens is 294 g/mol. The molecule has 2 atom stereocenters. The third-order valence-corrected chi connectivity index (χ3v) is 3.86. The Morgan fingerprint density at radius 3 is 2.83 bits per heavy atom. The second-order valence-electron chi connectivity index (χ2n) is 5.55. The van der Waals surface area contributed by atoms with Gasteiger partial charge in [-0.1, -0.05) is 0 Å². The van der Waals surface area contributed by atoms with E-state index in [1.807, 2.05) is 30.6 Å². The largest absolute Gasteiger partial charge is 0.395 e. The fraction of sp³-hybridized carbons (Fsp3) is 0.438. The lowest BCUT2D eigenvalue weighted by Crippen LogP contribution is -2.29. The number of hydrogen-bond donors (Lipinski definition) is 3. The van der Waals surface area contributed by atoms with Crippen molar-refractivity contribution in [1.82, 2.24) is 15.0 Å². The van der Waals surface area contributed by atoms with Crippen LogP contribution in [0.5, 0.6) is 0 Å². The Morgan fingerprint density at radius 2 is 2.00 bits per heavy atom. The molecule has 3 rings (SSSR count). The van der Waals surface area contributed by atoms with Gasteiger partial charge >= 0.3 is 0 Å². The molecule has 2 aromatic rings. The number of aromatic nitrogens is 3. The molecule has 122 valence electrons. The SMILES string of the molecule is OCCNc1cc(N[C@@H]2COC[C@H]2Cc2ccncc2)ncn1. The molecule has 1 saturated heterocycles. The molecule has 1 aliphatic heterocycles. The van der Waals surface area contributed by atoms with E-state index in [9.17, 15) is 0 Å². The van der Waals surface area contributed by atoms with E-state index in [1.165, 1.54) is 11.9 Å². The van der Waals surface area contributed by atoms with Gasteiger partial charge in [0.25, 0.3) is 0 Å². The van der Waals surface area contributed by atoms with Gasteiger partial charge in [0, 0.05) is 30.9 Å². The van der Waals surface area contributed by atoms with E-state index in [1.54, 1.807) is 0 Å². The smallest absolute Gasteiger partial charge is 0.131 e. The van der Waals surface area contributed by atoms with Crippen LogP contribution in [-0.2, 0) is 11.2 Å². The van der Waals surface area contributed by atoms with E-state index >= 15 is 0 Å². The minimum absolute atomic E-state index is 0.0667. The van der Waals surface area contributed by atoms with Crippen LogP contribution in [0.15, 0.2) is 36.9 Å². The summed E-state index contributed by atoms with van der Waals surface area (Å²) in [5.41, 5.74) is 1.26. The summed E-state index contributed by atoms with van der Waals surface area (Å²) in [6.45, 7) is 1.94. The van der Waals surface area contributed by atoms with Crippen LogP contribution in [0.2, 0.25) is 0 Å². The molecule has 1 aliphatic rings. The Kier molecular flexibility index (Phi) is 5.33. The van der Waals surface area contributed by atoms with E-state index in [0.717, 1.165) is 18.8 Å². The highest BCUT2D eigenvalue weighted by Crippen LogP contribution is 2.22. The van der Waals surface area contributed by atoms with Gasteiger partial charge in [0.15, 0.2) is 0 Å². The number of nitrogens with zero attached hydrogens (tertiary/aromatic N) is 3. The lowest BCUT2D eigenvalue weighted by molar-refractivity contribution is 0.185. The summed E-state index contributed by atoms with van der Waals surface area (Å²) in [4.78, 5) is 12.4. The first kappa shape index (κ1) is 15.6. The molecule has 23 heavy (non-hydrogen) atoms. The van der Waals surface area contributed by atoms with E-state index in [0.29, 0.717) is 24.9 Å². The zero-order chi connectivity index (χ0) is 15.9. The second kappa shape index (κ2) is 7.85. The van der Waals surface area contributed by atoms with Gasteiger partial charge in [0.05, 0.1) is 25.9 Å². The Bertz CT molecular complexity index is 610. The maximum absolute atomic E-state index is 8.86. The second-order valence-corrected chi connectivity index (χ2v) is 5.55. The van der Waals surface area contributed by atoms with Crippen molar-refractivity contribution in [3.8, 4) is 0 Å². The first-order chi connectivity index (χ1) is 11.3. The molecule has 0 aliphatic carbocycles. The van der Waals surface area contributed by atoms with Crippen molar-refractivity contribution in [2.45, 2.75) is 12.5 Å². The van der Waals surface area contributed by atoms with Crippen LogP contribution in [0.25, 0.3) is 0 Å². The highest BCUT2D eigenvalue weighted by molar-refractivity contribution is 5.47. The molecular formula is C16H21N5O2. The normalized spacial score (nSPS) is 20.4. The highest BCUT2D eigenvalue weighted by Gasteiger charge is 2.28. The standard InChI is InChI=1S/C16H21N5O2/c22-6-5-18-15-8-16(20-11-19-15)21-14-10-23-9-13(14)7-12-1-3-17-4-2-12/h1-4,8,11,13-14,22H,5-7,9-10H2,(H2,18,19,20,21)/t13-,14-/m1/s1. The molecule has 0 amide bonds. The molecule has 3 heterocycles. The number of aliphatic hydroxyl groups is 1. The van der Waals surface area contributed by atoms with E-state index in [4.69, 9.17) is 9.84 Å². The van der Waals surface area contributed by atoms with Crippen molar-refractivity contribution in [1.29, 1.82) is 0 Å². The van der Waals surface area contributed by atoms with E-state index in [-0.39, 0.29) is 12.6 Å². The van der Waals surface area contributed by atoms with Gasteiger partial charge in [0.2, 0.25) is 0 Å². The lowest BCUT2D eigenvalue weighted by atomic mass is 9.95. The van der Waals surface area contributed by atoms with Gasteiger partial charge in [-0.25, -0.2) is 9.97 Å². The number of hydrogen-bond acceptors (Lipinski definition) is 7. The summed E-state index contributed by atoms with van der Waals surface area (Å²) < 4.78 is 5.64. The first-order valence-corrected chi connectivity index (χ1v) is 7.75. The minimum Gasteiger partial charge on any atom is -0.395 e. The van der Waals surface area contributed by atoms with Crippen LogP contribution >= 0.6 is 0 Å². The Morgan fingerprint density at radius 1 is 1.17 bits per heavy atom. The molecule has 0 aromatic carbocycles. The summed E-state index contributed by atoms with van der Waals surface area (Å²) >= 11 is 0. The third-order valence-electron chi connectivity index (χ3n) is 3.86. The number of anilines is 2. The predicted molar refractivity (Wildman–Crippen MR) is 87.3 cm³/mol. The van der Waals surface area contributed by atoms with Gasteiger partial charge in [-0.05, 0) is 24.1 Å². The molecule has 0 unspecified atom stereocenters. The van der Waals surface area contributed by atoms with Gasteiger partial charge in [-0.15, -0.1) is 0 Å². The van der Waals surface area contributed by atoms with Crippen molar-refractivity contribution >= 4 is 11.6 Å². The molecule has 7 heteroatoms. The molecule has 0 bridgehead atoms. The molecule has 0 spiro atoms. The van der Waals surface area contributed by atoms with Crippen LogP contribution in [0.1, 0.15) is 5.56 Å². The third kappa shape index (κ3) is 4.37. The maximum atomic E-state index is 8.86. The quantitative estimate of drug-likeness (QED) is 0.700. The number of ether oxygens (including phenoxy) is 1. The van der Waals surface area contributed by atoms with Crippen molar-refractivity contribution in [2.24, 2.45) is 5.92 Å². The molecule has 7 nitrogen and oxygen atoms in total. The van der Waals surface area contributed by atoms with Crippen molar-refractivity contribution < 1.29 is 9.84 Å². The van der Waals surface area contributed by atoms with Crippen molar-refractivity contribution in [3.63, 3.8) is 0 Å². The Hall–Kier alpha value is -2.25. The molecule has 1 fully saturated rings. The summed E-state index contributed by atoms with van der Waals surface area (Å²) in [5, 5.41) is 15.3. The topological polar surface area (TPSA) is 92.2 Å². The number of rotatable bonds is 7. The number of pyridine rings is 1. The summed E-state index contributed by atoms with van der Waals surface area (Å²) in [6, 6.07) is 6.13. The molecule has 2 aromatic heterocycles. The van der Waals surface area contributed by atoms with Crippen LogP contribution in [0, 0.1) is 5.92 Å². The highest BCUT2D eigenvalue weighted by atomic mass is 16.5. The van der Waals surface area contributed by atoms with E-state index < -0.39 is 0 Å². The maximum Gasteiger partial charge on any atom is 0.131 e. The summed E-state index contributed by atoms with van der Waals surface area (Å²) in [6.07, 6.45) is 6.09. The van der Waals surface area contributed by atoms with Crippen molar-refractivity contribution in [2.75, 3.05) is 37.0 Å². The van der Waals surface area contributed by atoms with Gasteiger partial charge in [-0.2, -0.15) is 0 Å². The van der Waals surface area contributed by atoms with Gasteiger partial charge < -0.3 is 20.5 Å². The average Bonchev–Trinajstić information content (AvgIpc) is 3.01. The van der Waals surface area contributed by atoms with Gasteiger partial charge in [0.1, 0.15) is 18.0 Å². The van der Waals surface area contributed by atoms with Crippen LogP contribution in [0.3, 0.4) is 0 Å². The monoisotopic (exact) mass is 315 g/mol. The van der Waals surface area contributed by atoms with Gasteiger partial charge in [-0.3, -0.25) is 4.98 Å². The fourth-order valence-corrected chi connectivity index (χ4v) is 2.69. The van der Waals surface area contributed by atoms with Crippen LogP contribution in [0.4, 0.5) is 11.6 Å². The zero-order valence-electron chi connectivity index (χ0n) is 12.9. The van der Waals surface area contributed by atoms with E-state index in [2.05, 4.69) is 25.6 Å². The number of aliphatic hydroxyl groups excluding tert-OH is 1. The fourth-order valence-electron chi connectivity index (χ4n) is 2.69. The van der Waals surface area contributed by atoms with Crippen molar-refractivity contribution in [3.05, 3.63) is 42.5 Å². The number of nitrogens with one attached hydrogen (secondary N) is 2. The zero-order valence-corrected chi connectivity index (χ0v) is 12.9. The lowest BCUT2D eigenvalue weighted by Gasteiger charge is -2.20. The minimum atomic E-state index is 0.0667. The molecule has 0 saturated carbocycles. The summed E-state index contributed by atoms with van der Waals surface area (Å²) in [5.74, 6) is 1.85. The predicted octanol–water partition coefficient (Wildman–Crippen LogP) is 0.945.